The number of rotatable bonds is 7. The topological polar surface area (TPSA) is 64.3 Å². The van der Waals surface area contributed by atoms with Gasteiger partial charge in [-0.25, -0.2) is 0 Å². The molecule has 1 atom stereocenters. The zero-order valence-corrected chi connectivity index (χ0v) is 18.1. The second-order valence-corrected chi connectivity index (χ2v) is 8.25. The highest BCUT2D eigenvalue weighted by atomic mass is 16.3. The molecule has 7 nitrogen and oxygen atoms in total. The van der Waals surface area contributed by atoms with Crippen LogP contribution in [0.5, 0.6) is 0 Å². The quantitative estimate of drug-likeness (QED) is 0.431. The summed E-state index contributed by atoms with van der Waals surface area (Å²) < 4.78 is 5.24. The van der Waals surface area contributed by atoms with Crippen molar-refractivity contribution in [1.29, 1.82) is 0 Å². The summed E-state index contributed by atoms with van der Waals surface area (Å²) in [6, 6.07) is 3.48. The van der Waals surface area contributed by atoms with E-state index < -0.39 is 0 Å². The van der Waals surface area contributed by atoms with Gasteiger partial charge in [0.1, 0.15) is 0 Å². The van der Waals surface area contributed by atoms with Crippen molar-refractivity contribution < 1.29 is 9.21 Å². The number of nitrogens with zero attached hydrogens (tertiary/aromatic N) is 4. The Morgan fingerprint density at radius 3 is 2.69 bits per heavy atom. The van der Waals surface area contributed by atoms with Crippen molar-refractivity contribution in [2.75, 3.05) is 58.9 Å². The number of nitrogens with one attached hydrogen (secondary N) is 1. The van der Waals surface area contributed by atoms with Crippen molar-refractivity contribution >= 4 is 11.9 Å². The molecule has 0 aromatic carbocycles. The molecule has 0 spiro atoms. The van der Waals surface area contributed by atoms with E-state index in [0.717, 1.165) is 44.5 Å². The van der Waals surface area contributed by atoms with E-state index in [9.17, 15) is 4.79 Å². The molecular weight excluding hydrogens is 366 g/mol. The minimum Gasteiger partial charge on any atom is -0.459 e. The van der Waals surface area contributed by atoms with Gasteiger partial charge in [0.15, 0.2) is 11.7 Å². The molecule has 1 aromatic heterocycles. The Hall–Kier alpha value is -2.02. The third kappa shape index (κ3) is 6.49. The monoisotopic (exact) mass is 403 g/mol. The van der Waals surface area contributed by atoms with Crippen LogP contribution in [0.3, 0.4) is 0 Å². The Bertz CT molecular complexity index is 638. The summed E-state index contributed by atoms with van der Waals surface area (Å²) in [4.78, 5) is 24.0. The molecule has 0 bridgehead atoms. The van der Waals surface area contributed by atoms with Crippen LogP contribution >= 0.6 is 0 Å². The summed E-state index contributed by atoms with van der Waals surface area (Å²) in [6.07, 6.45) is 6.61. The number of hydrogen-bond donors (Lipinski definition) is 1. The average molecular weight is 404 g/mol. The maximum atomic E-state index is 12.4. The molecule has 1 aromatic rings. The Balaban J connectivity index is 1.40. The number of carbonyl (C=O) groups is 1. The van der Waals surface area contributed by atoms with Crippen LogP contribution in [0.15, 0.2) is 27.8 Å². The van der Waals surface area contributed by atoms with Crippen LogP contribution in [0.1, 0.15) is 50.1 Å². The molecule has 162 valence electrons. The van der Waals surface area contributed by atoms with Crippen LogP contribution in [0.25, 0.3) is 0 Å². The van der Waals surface area contributed by atoms with E-state index >= 15 is 0 Å². The molecule has 2 fully saturated rings. The molecule has 2 aliphatic heterocycles. The van der Waals surface area contributed by atoms with Crippen LogP contribution in [-0.2, 0) is 0 Å². The lowest BCUT2D eigenvalue weighted by Gasteiger charge is -2.36. The zero-order chi connectivity index (χ0) is 20.5. The van der Waals surface area contributed by atoms with Crippen molar-refractivity contribution in [3.63, 3.8) is 0 Å². The van der Waals surface area contributed by atoms with Crippen molar-refractivity contribution in [3.8, 4) is 0 Å². The van der Waals surface area contributed by atoms with Crippen molar-refractivity contribution in [1.82, 2.24) is 20.0 Å². The minimum absolute atomic E-state index is 0.0244. The first-order valence-corrected chi connectivity index (χ1v) is 11.3. The first-order valence-electron chi connectivity index (χ1n) is 11.3. The van der Waals surface area contributed by atoms with E-state index in [1.165, 1.54) is 38.9 Å². The van der Waals surface area contributed by atoms with E-state index in [-0.39, 0.29) is 5.91 Å². The summed E-state index contributed by atoms with van der Waals surface area (Å²) in [6.45, 7) is 12.9. The normalized spacial score (nSPS) is 21.4. The third-order valence-corrected chi connectivity index (χ3v) is 5.82. The Morgan fingerprint density at radius 1 is 1.21 bits per heavy atom. The largest absolute Gasteiger partial charge is 0.459 e. The van der Waals surface area contributed by atoms with Gasteiger partial charge in [-0.15, -0.1) is 0 Å². The Kier molecular flexibility index (Phi) is 8.40. The number of furan rings is 1. The molecule has 0 saturated carbocycles. The number of amides is 1. The fourth-order valence-electron chi connectivity index (χ4n) is 4.23. The smallest absolute Gasteiger partial charge is 0.289 e. The lowest BCUT2D eigenvalue weighted by atomic mass is 10.0. The molecule has 3 heterocycles. The average Bonchev–Trinajstić information content (AvgIpc) is 3.27. The molecule has 7 heteroatoms. The third-order valence-electron chi connectivity index (χ3n) is 5.82. The second-order valence-electron chi connectivity index (χ2n) is 8.25. The van der Waals surface area contributed by atoms with Crippen LogP contribution in [-0.4, -0.2) is 85.5 Å². The fraction of sp³-hybridized carbons (Fsp3) is 0.727. The number of guanidine groups is 1. The highest BCUT2D eigenvalue weighted by Crippen LogP contribution is 2.15. The van der Waals surface area contributed by atoms with Crippen molar-refractivity contribution in [2.45, 2.75) is 39.5 Å². The molecule has 1 unspecified atom stereocenters. The highest BCUT2D eigenvalue weighted by molar-refractivity contribution is 5.91. The van der Waals surface area contributed by atoms with Crippen LogP contribution in [0, 0.1) is 5.92 Å². The first kappa shape index (κ1) is 21.7. The van der Waals surface area contributed by atoms with Gasteiger partial charge in [-0.05, 0) is 63.7 Å². The van der Waals surface area contributed by atoms with Gasteiger partial charge in [0.05, 0.1) is 6.26 Å². The van der Waals surface area contributed by atoms with Crippen LogP contribution in [0.4, 0.5) is 0 Å². The number of unbranched alkanes of at least 4 members (excludes halogenated alkanes) is 1. The van der Waals surface area contributed by atoms with Gasteiger partial charge in [0, 0.05) is 45.8 Å². The lowest BCUT2D eigenvalue weighted by molar-refractivity contribution is 0.0657. The summed E-state index contributed by atoms with van der Waals surface area (Å²) in [7, 11) is 0. The van der Waals surface area contributed by atoms with Gasteiger partial charge < -0.3 is 24.4 Å². The van der Waals surface area contributed by atoms with Crippen LogP contribution in [0.2, 0.25) is 0 Å². The minimum atomic E-state index is -0.0244. The molecule has 29 heavy (non-hydrogen) atoms. The number of carbonyl (C=O) groups excluding carboxylic acids is 1. The molecule has 1 N–H and O–H groups in total. The lowest BCUT2D eigenvalue weighted by Crippen LogP contribution is -2.53. The maximum Gasteiger partial charge on any atom is 0.289 e. The Morgan fingerprint density at radius 2 is 2.00 bits per heavy atom. The molecule has 0 aliphatic carbocycles. The molecule has 2 saturated heterocycles. The van der Waals surface area contributed by atoms with Gasteiger partial charge in [-0.1, -0.05) is 6.92 Å². The summed E-state index contributed by atoms with van der Waals surface area (Å²) in [5, 5.41) is 3.41. The molecule has 0 radical (unpaired) electrons. The summed E-state index contributed by atoms with van der Waals surface area (Å²) >= 11 is 0. The maximum absolute atomic E-state index is 12.4. The standard InChI is InChI=1S/C22H37N5O2/c1-3-23-22(24-10-4-5-11-25-12-6-8-19(2)18-25)27-15-13-26(14-16-27)21(28)20-9-7-17-29-20/h7,9,17,19H,3-6,8,10-16,18H2,1-2H3,(H,23,24). The number of aliphatic imine (C=N–C) groups is 1. The van der Waals surface area contributed by atoms with Gasteiger partial charge in [-0.2, -0.15) is 0 Å². The molecular formula is C22H37N5O2. The predicted molar refractivity (Wildman–Crippen MR) is 116 cm³/mol. The van der Waals surface area contributed by atoms with Crippen molar-refractivity contribution in [3.05, 3.63) is 24.2 Å². The number of piperidine rings is 1. The number of hydrogen-bond acceptors (Lipinski definition) is 4. The van der Waals surface area contributed by atoms with Gasteiger partial charge in [0.2, 0.25) is 0 Å². The van der Waals surface area contributed by atoms with E-state index in [2.05, 4.69) is 29.0 Å². The van der Waals surface area contributed by atoms with Crippen LogP contribution < -0.4 is 5.32 Å². The fourth-order valence-corrected chi connectivity index (χ4v) is 4.23. The zero-order valence-electron chi connectivity index (χ0n) is 18.1. The van der Waals surface area contributed by atoms with Gasteiger partial charge in [-0.3, -0.25) is 9.79 Å². The van der Waals surface area contributed by atoms with E-state index in [4.69, 9.17) is 9.41 Å². The summed E-state index contributed by atoms with van der Waals surface area (Å²) in [5.41, 5.74) is 0. The SMILES string of the molecule is CCNC(=NCCCCN1CCCC(C)C1)N1CCN(C(=O)c2ccco2)CC1. The Labute approximate surface area is 175 Å². The molecule has 2 aliphatic rings. The summed E-state index contributed by atoms with van der Waals surface area (Å²) in [5.74, 6) is 2.22. The molecule has 3 rings (SSSR count). The van der Waals surface area contributed by atoms with E-state index in [1.807, 2.05) is 4.90 Å². The van der Waals surface area contributed by atoms with E-state index in [1.54, 1.807) is 18.4 Å². The second kappa shape index (κ2) is 11.2. The first-order chi connectivity index (χ1) is 14.2. The number of likely N-dealkylation sites (tertiary alicyclic amines) is 1. The van der Waals surface area contributed by atoms with Gasteiger partial charge >= 0.3 is 0 Å². The highest BCUT2D eigenvalue weighted by Gasteiger charge is 2.25. The van der Waals surface area contributed by atoms with Gasteiger partial charge in [0.25, 0.3) is 5.91 Å². The van der Waals surface area contributed by atoms with E-state index in [0.29, 0.717) is 18.8 Å². The molecule has 1 amide bonds. The predicted octanol–water partition coefficient (Wildman–Crippen LogP) is 2.52. The number of piperazine rings is 1. The van der Waals surface area contributed by atoms with Crippen molar-refractivity contribution in [2.24, 2.45) is 10.9 Å².